The Morgan fingerprint density at radius 3 is 2.39 bits per heavy atom. The number of carbonyl (C=O) groups excluding carboxylic acids is 2. The third-order valence-electron chi connectivity index (χ3n) is 4.26. The second-order valence-corrected chi connectivity index (χ2v) is 8.18. The Morgan fingerprint density at radius 1 is 1.14 bits per heavy atom. The van der Waals surface area contributed by atoms with E-state index in [1.54, 1.807) is 0 Å². The maximum Gasteiger partial charge on any atom is 0.417 e. The Kier molecular flexibility index (Phi) is 5.41. The van der Waals surface area contributed by atoms with Gasteiger partial charge < -0.3 is 4.74 Å². The number of ether oxygens (including phenoxy) is 1. The first-order chi connectivity index (χ1) is 13.3. The van der Waals surface area contributed by atoms with E-state index in [2.05, 4.69) is 0 Å². The molecule has 1 heterocycles. The van der Waals surface area contributed by atoms with Crippen LogP contribution in [0.2, 0.25) is 0 Å². The molecule has 0 radical (unpaired) electrons. The number of nitrogens with zero attached hydrogens (tertiary/aromatic N) is 2. The van der Waals surface area contributed by atoms with Crippen LogP contribution >= 0.6 is 0 Å². The molecular formula is C18H16N2O7S. The Bertz CT molecular complexity index is 1000. The first-order valence-electron chi connectivity index (χ1n) is 8.28. The summed E-state index contributed by atoms with van der Waals surface area (Å²) in [5, 5.41) is 10.7. The lowest BCUT2D eigenvalue weighted by Gasteiger charge is -2.19. The zero-order valence-electron chi connectivity index (χ0n) is 14.6. The molecule has 2 aromatic rings. The number of hydrogen-bond donors (Lipinski definition) is 0. The lowest BCUT2D eigenvalue weighted by Crippen LogP contribution is -2.43. The van der Waals surface area contributed by atoms with Crippen LogP contribution in [0.15, 0.2) is 59.5 Å². The molecule has 0 N–H and O–H groups in total. The van der Waals surface area contributed by atoms with Crippen LogP contribution in [0.4, 0.5) is 10.5 Å². The van der Waals surface area contributed by atoms with Gasteiger partial charge in [0.15, 0.2) is 9.84 Å². The average molecular weight is 404 g/mol. The van der Waals surface area contributed by atoms with Crippen LogP contribution in [0.3, 0.4) is 0 Å². The third-order valence-corrected chi connectivity index (χ3v) is 5.88. The molecule has 1 atom stereocenters. The van der Waals surface area contributed by atoms with Gasteiger partial charge in [-0.05, 0) is 24.1 Å². The predicted octanol–water partition coefficient (Wildman–Crippen LogP) is 1.96. The second kappa shape index (κ2) is 7.77. The van der Waals surface area contributed by atoms with E-state index >= 15 is 0 Å². The number of rotatable bonds is 6. The summed E-state index contributed by atoms with van der Waals surface area (Å²) in [5.41, 5.74) is 0.609. The highest BCUT2D eigenvalue weighted by molar-refractivity contribution is 7.92. The number of carbonyl (C=O) groups is 2. The standard InChI is InChI=1S/C18H16N2O7S/c21-17(12-28(25,26)16-8-6-14(7-9-16)20(23)24)19-15(11-27-18(19)22)10-13-4-2-1-3-5-13/h1-9,15H,10-12H2/t15-/m1/s1. The zero-order valence-corrected chi connectivity index (χ0v) is 15.4. The normalized spacial score (nSPS) is 16.6. The lowest BCUT2D eigenvalue weighted by atomic mass is 10.1. The van der Waals surface area contributed by atoms with Crippen molar-refractivity contribution in [1.82, 2.24) is 4.90 Å². The Morgan fingerprint density at radius 2 is 1.79 bits per heavy atom. The Labute approximate surface area is 160 Å². The van der Waals surface area contributed by atoms with Crippen molar-refractivity contribution < 1.29 is 27.7 Å². The molecule has 9 nitrogen and oxygen atoms in total. The SMILES string of the molecule is O=C(CS(=O)(=O)c1ccc([N+](=O)[O-])cc1)N1C(=O)OC[C@H]1Cc1ccccc1. The molecule has 1 fully saturated rings. The number of hydrogen-bond acceptors (Lipinski definition) is 7. The highest BCUT2D eigenvalue weighted by Crippen LogP contribution is 2.21. The second-order valence-electron chi connectivity index (χ2n) is 6.19. The molecule has 0 bridgehead atoms. The van der Waals surface area contributed by atoms with Crippen LogP contribution in [-0.4, -0.2) is 48.6 Å². The van der Waals surface area contributed by atoms with Gasteiger partial charge in [0.2, 0.25) is 5.91 Å². The molecule has 1 saturated heterocycles. The average Bonchev–Trinajstić information content (AvgIpc) is 3.02. The van der Waals surface area contributed by atoms with Crippen LogP contribution in [0.1, 0.15) is 5.56 Å². The molecule has 2 aromatic carbocycles. The highest BCUT2D eigenvalue weighted by atomic mass is 32.2. The van der Waals surface area contributed by atoms with Gasteiger partial charge in [-0.3, -0.25) is 14.9 Å². The minimum absolute atomic E-state index is 0.0168. The molecule has 1 aliphatic rings. The summed E-state index contributed by atoms with van der Waals surface area (Å²) in [6, 6.07) is 12.7. The van der Waals surface area contributed by atoms with Crippen LogP contribution in [-0.2, 0) is 25.8 Å². The van der Waals surface area contributed by atoms with Gasteiger partial charge in [-0.2, -0.15) is 0 Å². The fourth-order valence-electron chi connectivity index (χ4n) is 2.89. The summed E-state index contributed by atoms with van der Waals surface area (Å²) < 4.78 is 29.9. The van der Waals surface area contributed by atoms with E-state index < -0.39 is 38.6 Å². The molecule has 2 amide bonds. The predicted molar refractivity (Wildman–Crippen MR) is 97.3 cm³/mol. The van der Waals surface area contributed by atoms with Crippen LogP contribution in [0, 0.1) is 10.1 Å². The molecule has 0 saturated carbocycles. The molecule has 146 valence electrons. The molecule has 28 heavy (non-hydrogen) atoms. The van der Waals surface area contributed by atoms with Gasteiger partial charge in [0.25, 0.3) is 5.69 Å². The van der Waals surface area contributed by atoms with Crippen molar-refractivity contribution in [3.05, 3.63) is 70.3 Å². The fourth-order valence-corrected chi connectivity index (χ4v) is 4.07. The number of imide groups is 1. The molecular weight excluding hydrogens is 388 g/mol. The van der Waals surface area contributed by atoms with E-state index in [9.17, 15) is 28.1 Å². The van der Waals surface area contributed by atoms with Gasteiger partial charge in [-0.15, -0.1) is 0 Å². The summed E-state index contributed by atoms with van der Waals surface area (Å²) in [4.78, 5) is 35.1. The highest BCUT2D eigenvalue weighted by Gasteiger charge is 2.39. The van der Waals surface area contributed by atoms with Gasteiger partial charge in [-0.25, -0.2) is 18.1 Å². The minimum atomic E-state index is -4.08. The maximum atomic E-state index is 12.6. The molecule has 0 aliphatic carbocycles. The van der Waals surface area contributed by atoms with Gasteiger partial charge >= 0.3 is 6.09 Å². The molecule has 3 rings (SSSR count). The van der Waals surface area contributed by atoms with E-state index in [1.165, 1.54) is 0 Å². The van der Waals surface area contributed by atoms with Crippen LogP contribution in [0.5, 0.6) is 0 Å². The number of nitro groups is 1. The molecule has 10 heteroatoms. The van der Waals surface area contributed by atoms with E-state index in [0.717, 1.165) is 34.7 Å². The monoisotopic (exact) mass is 404 g/mol. The van der Waals surface area contributed by atoms with Gasteiger partial charge in [0.05, 0.1) is 15.9 Å². The number of sulfone groups is 1. The van der Waals surface area contributed by atoms with Crippen molar-refractivity contribution in [1.29, 1.82) is 0 Å². The summed E-state index contributed by atoms with van der Waals surface area (Å²) in [7, 11) is -4.08. The van der Waals surface area contributed by atoms with Crippen molar-refractivity contribution in [2.24, 2.45) is 0 Å². The molecule has 0 aromatic heterocycles. The van der Waals surface area contributed by atoms with E-state index in [0.29, 0.717) is 6.42 Å². The largest absolute Gasteiger partial charge is 0.447 e. The van der Waals surface area contributed by atoms with Gasteiger partial charge in [0.1, 0.15) is 12.4 Å². The first-order valence-corrected chi connectivity index (χ1v) is 9.93. The molecule has 0 unspecified atom stereocenters. The number of nitro benzene ring substituents is 1. The Hall–Kier alpha value is -3.27. The van der Waals surface area contributed by atoms with E-state index in [-0.39, 0.29) is 17.2 Å². The Balaban J connectivity index is 1.75. The van der Waals surface area contributed by atoms with Crippen molar-refractivity contribution >= 4 is 27.5 Å². The lowest BCUT2D eigenvalue weighted by molar-refractivity contribution is -0.384. The number of non-ortho nitro benzene ring substituents is 1. The molecule has 1 aliphatic heterocycles. The van der Waals surface area contributed by atoms with Crippen LogP contribution in [0.25, 0.3) is 0 Å². The summed E-state index contributed by atoms with van der Waals surface area (Å²) in [5.74, 6) is -1.84. The summed E-state index contributed by atoms with van der Waals surface area (Å²) >= 11 is 0. The molecule has 0 spiro atoms. The van der Waals surface area contributed by atoms with Gasteiger partial charge in [-0.1, -0.05) is 30.3 Å². The minimum Gasteiger partial charge on any atom is -0.447 e. The zero-order chi connectivity index (χ0) is 20.3. The maximum absolute atomic E-state index is 12.6. The summed E-state index contributed by atoms with van der Waals surface area (Å²) in [6.45, 7) is -0.0168. The van der Waals surface area contributed by atoms with E-state index in [1.807, 2.05) is 30.3 Å². The van der Waals surface area contributed by atoms with Crippen molar-refractivity contribution in [3.8, 4) is 0 Å². The van der Waals surface area contributed by atoms with Crippen LogP contribution < -0.4 is 0 Å². The third kappa shape index (κ3) is 4.17. The summed E-state index contributed by atoms with van der Waals surface area (Å²) in [6.07, 6.45) is -0.541. The fraction of sp³-hybridized carbons (Fsp3) is 0.222. The first kappa shape index (κ1) is 19.5. The van der Waals surface area contributed by atoms with Crippen molar-refractivity contribution in [3.63, 3.8) is 0 Å². The number of benzene rings is 2. The number of amides is 2. The topological polar surface area (TPSA) is 124 Å². The van der Waals surface area contributed by atoms with Gasteiger partial charge in [0, 0.05) is 12.1 Å². The van der Waals surface area contributed by atoms with Crippen molar-refractivity contribution in [2.75, 3.05) is 12.4 Å². The van der Waals surface area contributed by atoms with Crippen molar-refractivity contribution in [2.45, 2.75) is 17.4 Å². The smallest absolute Gasteiger partial charge is 0.417 e. The van der Waals surface area contributed by atoms with E-state index in [4.69, 9.17) is 4.74 Å². The number of cyclic esters (lactones) is 1. The quantitative estimate of drug-likeness (QED) is 0.532.